The lowest BCUT2D eigenvalue weighted by Crippen LogP contribution is -2.25. The third kappa shape index (κ3) is 4.04. The molecule has 0 aliphatic carbocycles. The molecule has 1 aliphatic rings. The average molecular weight is 352 g/mol. The van der Waals surface area contributed by atoms with Crippen molar-refractivity contribution in [3.8, 4) is 5.75 Å². The number of benzene rings is 2. The molecule has 3 rings (SSSR count). The van der Waals surface area contributed by atoms with Gasteiger partial charge in [-0.2, -0.15) is 0 Å². The predicted molar refractivity (Wildman–Crippen MR) is 103 cm³/mol. The van der Waals surface area contributed by atoms with E-state index in [2.05, 4.69) is 5.32 Å². The zero-order valence-corrected chi connectivity index (χ0v) is 15.2. The molecule has 0 bridgehead atoms. The highest BCUT2D eigenvalue weighted by Crippen LogP contribution is 2.29. The molecule has 1 heterocycles. The van der Waals surface area contributed by atoms with Crippen molar-refractivity contribution in [1.82, 2.24) is 0 Å². The summed E-state index contributed by atoms with van der Waals surface area (Å²) in [5.41, 5.74) is 3.68. The molecule has 2 amide bonds. The average Bonchev–Trinajstić information content (AvgIpc) is 3.05. The molecule has 0 aromatic heterocycles. The van der Waals surface area contributed by atoms with Gasteiger partial charge in [0.25, 0.3) is 0 Å². The van der Waals surface area contributed by atoms with Crippen LogP contribution >= 0.6 is 0 Å². The minimum Gasteiger partial charge on any atom is -0.493 e. The Bertz CT molecular complexity index is 817. The normalized spacial score (nSPS) is 13.8. The van der Waals surface area contributed by atoms with Crippen LogP contribution in [0.4, 0.5) is 11.4 Å². The van der Waals surface area contributed by atoms with Crippen molar-refractivity contribution < 1.29 is 14.3 Å². The molecule has 2 aromatic carbocycles. The smallest absolute Gasteiger partial charge is 0.227 e. The van der Waals surface area contributed by atoms with Gasteiger partial charge in [-0.1, -0.05) is 24.3 Å². The number of carbonyl (C=O) groups is 2. The third-order valence-electron chi connectivity index (χ3n) is 4.68. The second kappa shape index (κ2) is 8.04. The zero-order valence-electron chi connectivity index (χ0n) is 15.2. The van der Waals surface area contributed by atoms with Crippen molar-refractivity contribution >= 4 is 23.2 Å². The van der Waals surface area contributed by atoms with Crippen molar-refractivity contribution in [3.05, 3.63) is 53.6 Å². The first-order chi connectivity index (χ1) is 12.6. The van der Waals surface area contributed by atoms with Crippen molar-refractivity contribution in [2.75, 3.05) is 23.4 Å². The van der Waals surface area contributed by atoms with Gasteiger partial charge in [0, 0.05) is 13.0 Å². The molecule has 5 heteroatoms. The van der Waals surface area contributed by atoms with E-state index in [0.29, 0.717) is 25.3 Å². The van der Waals surface area contributed by atoms with Crippen LogP contribution in [0.5, 0.6) is 5.75 Å². The maximum Gasteiger partial charge on any atom is 0.227 e. The second-order valence-corrected chi connectivity index (χ2v) is 6.51. The fraction of sp³-hybridized carbons (Fsp3) is 0.333. The molecule has 1 N–H and O–H groups in total. The topological polar surface area (TPSA) is 58.6 Å². The number of anilines is 2. The van der Waals surface area contributed by atoms with Gasteiger partial charge in [0.05, 0.1) is 24.4 Å². The van der Waals surface area contributed by atoms with Crippen LogP contribution in [0, 0.1) is 13.8 Å². The van der Waals surface area contributed by atoms with Crippen molar-refractivity contribution in [1.29, 1.82) is 0 Å². The minimum absolute atomic E-state index is 0.102. The monoisotopic (exact) mass is 352 g/mol. The fourth-order valence-electron chi connectivity index (χ4n) is 3.06. The summed E-state index contributed by atoms with van der Waals surface area (Å²) in [5, 5.41) is 2.91. The van der Waals surface area contributed by atoms with Crippen LogP contribution in [0.25, 0.3) is 0 Å². The lowest BCUT2D eigenvalue weighted by atomic mass is 10.1. The number of nitrogens with one attached hydrogen (secondary N) is 1. The van der Waals surface area contributed by atoms with Gasteiger partial charge in [-0.05, 0) is 49.6 Å². The Morgan fingerprint density at radius 1 is 1.15 bits per heavy atom. The molecule has 2 aromatic rings. The van der Waals surface area contributed by atoms with Crippen molar-refractivity contribution in [2.45, 2.75) is 33.1 Å². The van der Waals surface area contributed by atoms with E-state index in [1.54, 1.807) is 4.90 Å². The lowest BCUT2D eigenvalue weighted by molar-refractivity contribution is -0.117. The van der Waals surface area contributed by atoms with Gasteiger partial charge in [0.1, 0.15) is 5.75 Å². The van der Waals surface area contributed by atoms with E-state index in [9.17, 15) is 9.59 Å². The first kappa shape index (κ1) is 18.0. The standard InChI is InChI=1S/C21H24N2O3/c1-15-7-5-10-19(16(15)2)26-14-12-20(24)22-17-8-3-4-9-18(17)23-13-6-11-21(23)25/h3-5,7-10H,6,11-14H2,1-2H3,(H,22,24). The molecular weight excluding hydrogens is 328 g/mol. The van der Waals surface area contributed by atoms with E-state index < -0.39 is 0 Å². The molecule has 0 unspecified atom stereocenters. The van der Waals surface area contributed by atoms with E-state index in [-0.39, 0.29) is 18.2 Å². The number of hydrogen-bond acceptors (Lipinski definition) is 3. The molecule has 1 fully saturated rings. The van der Waals surface area contributed by atoms with Gasteiger partial charge in [-0.25, -0.2) is 0 Å². The summed E-state index contributed by atoms with van der Waals surface area (Å²) in [7, 11) is 0. The van der Waals surface area contributed by atoms with Gasteiger partial charge < -0.3 is 15.0 Å². The molecule has 0 atom stereocenters. The third-order valence-corrected chi connectivity index (χ3v) is 4.68. The Labute approximate surface area is 154 Å². The van der Waals surface area contributed by atoms with E-state index in [0.717, 1.165) is 29.0 Å². The zero-order chi connectivity index (χ0) is 18.5. The van der Waals surface area contributed by atoms with Crippen LogP contribution in [0.15, 0.2) is 42.5 Å². The summed E-state index contributed by atoms with van der Waals surface area (Å²) in [5.74, 6) is 0.778. The minimum atomic E-state index is -0.130. The maximum atomic E-state index is 12.3. The van der Waals surface area contributed by atoms with Gasteiger partial charge in [0.2, 0.25) is 11.8 Å². The number of rotatable bonds is 6. The molecule has 0 spiro atoms. The van der Waals surface area contributed by atoms with Gasteiger partial charge in [-0.3, -0.25) is 9.59 Å². The van der Waals surface area contributed by atoms with Crippen LogP contribution in [-0.4, -0.2) is 25.0 Å². The summed E-state index contributed by atoms with van der Waals surface area (Å²) in [4.78, 5) is 26.0. The predicted octanol–water partition coefficient (Wildman–Crippen LogP) is 3.84. The first-order valence-corrected chi connectivity index (χ1v) is 8.94. The van der Waals surface area contributed by atoms with Gasteiger partial charge in [0.15, 0.2) is 0 Å². The summed E-state index contributed by atoms with van der Waals surface area (Å²) in [6, 6.07) is 13.3. The Kier molecular flexibility index (Phi) is 5.56. The number of carbonyl (C=O) groups excluding carboxylic acids is 2. The maximum absolute atomic E-state index is 12.3. The van der Waals surface area contributed by atoms with Crippen molar-refractivity contribution in [3.63, 3.8) is 0 Å². The SMILES string of the molecule is Cc1cccc(OCCC(=O)Nc2ccccc2N2CCCC2=O)c1C. The molecule has 0 saturated carbocycles. The van der Waals surface area contributed by atoms with E-state index in [1.165, 1.54) is 0 Å². The molecule has 136 valence electrons. The second-order valence-electron chi connectivity index (χ2n) is 6.51. The highest BCUT2D eigenvalue weighted by atomic mass is 16.5. The number of nitrogens with zero attached hydrogens (tertiary/aromatic N) is 1. The Balaban J connectivity index is 1.59. The quantitative estimate of drug-likeness (QED) is 0.859. The molecule has 5 nitrogen and oxygen atoms in total. The number of aryl methyl sites for hydroxylation is 1. The Hall–Kier alpha value is -2.82. The first-order valence-electron chi connectivity index (χ1n) is 8.94. The van der Waals surface area contributed by atoms with Crippen LogP contribution in [0.2, 0.25) is 0 Å². The van der Waals surface area contributed by atoms with E-state index in [4.69, 9.17) is 4.74 Å². The summed E-state index contributed by atoms with van der Waals surface area (Å²) in [6.45, 7) is 5.04. The molecule has 0 radical (unpaired) electrons. The number of ether oxygens (including phenoxy) is 1. The van der Waals surface area contributed by atoms with Crippen LogP contribution in [0.1, 0.15) is 30.4 Å². The molecular formula is C21H24N2O3. The van der Waals surface area contributed by atoms with Gasteiger partial charge >= 0.3 is 0 Å². The summed E-state index contributed by atoms with van der Waals surface area (Å²) >= 11 is 0. The van der Waals surface area contributed by atoms with E-state index in [1.807, 2.05) is 56.3 Å². The highest BCUT2D eigenvalue weighted by Gasteiger charge is 2.24. The van der Waals surface area contributed by atoms with Crippen molar-refractivity contribution in [2.24, 2.45) is 0 Å². The summed E-state index contributed by atoms with van der Waals surface area (Å²) < 4.78 is 5.75. The van der Waals surface area contributed by atoms with Crippen LogP contribution < -0.4 is 15.0 Å². The molecule has 26 heavy (non-hydrogen) atoms. The number of amides is 2. The highest BCUT2D eigenvalue weighted by molar-refractivity contribution is 6.02. The number of para-hydroxylation sites is 2. The Morgan fingerprint density at radius 3 is 2.73 bits per heavy atom. The number of hydrogen-bond donors (Lipinski definition) is 1. The van der Waals surface area contributed by atoms with Crippen LogP contribution in [-0.2, 0) is 9.59 Å². The molecule has 1 aliphatic heterocycles. The molecule has 1 saturated heterocycles. The fourth-order valence-corrected chi connectivity index (χ4v) is 3.06. The largest absolute Gasteiger partial charge is 0.493 e. The van der Waals surface area contributed by atoms with E-state index >= 15 is 0 Å². The van der Waals surface area contributed by atoms with Crippen LogP contribution in [0.3, 0.4) is 0 Å². The lowest BCUT2D eigenvalue weighted by Gasteiger charge is -2.20. The summed E-state index contributed by atoms with van der Waals surface area (Å²) in [6.07, 6.45) is 1.66. The van der Waals surface area contributed by atoms with Gasteiger partial charge in [-0.15, -0.1) is 0 Å². The Morgan fingerprint density at radius 2 is 1.96 bits per heavy atom.